The van der Waals surface area contributed by atoms with Gasteiger partial charge in [-0.15, -0.1) is 24.0 Å². The van der Waals surface area contributed by atoms with Gasteiger partial charge in [0.25, 0.3) is 6.43 Å². The molecular weight excluding hydrogens is 367 g/mol. The Morgan fingerprint density at radius 2 is 1.84 bits per heavy atom. The molecule has 1 aromatic heterocycles. The molecule has 0 aromatic carbocycles. The number of nitrogens with zero attached hydrogens (tertiary/aromatic N) is 5. The van der Waals surface area contributed by atoms with Crippen LogP contribution in [-0.4, -0.2) is 53.9 Å². The highest BCUT2D eigenvalue weighted by atomic mass is 127. The topological polar surface area (TPSA) is 44.6 Å². The van der Waals surface area contributed by atoms with Crippen LogP contribution >= 0.6 is 24.0 Å². The van der Waals surface area contributed by atoms with Gasteiger partial charge in [-0.1, -0.05) is 0 Å². The SMILES string of the molecule is CN(C)C(=NCc1nccc(C(F)F)n1)N(C)C.I. The van der Waals surface area contributed by atoms with Crippen LogP contribution in [0.1, 0.15) is 17.9 Å². The lowest BCUT2D eigenvalue weighted by atomic mass is 10.4. The third kappa shape index (κ3) is 5.62. The van der Waals surface area contributed by atoms with E-state index in [0.717, 1.165) is 5.96 Å². The number of rotatable bonds is 3. The van der Waals surface area contributed by atoms with Gasteiger partial charge in [-0.2, -0.15) is 0 Å². The second-order valence-corrected chi connectivity index (χ2v) is 4.10. The Bertz CT molecular complexity index is 413. The van der Waals surface area contributed by atoms with E-state index in [-0.39, 0.29) is 42.0 Å². The molecule has 0 aliphatic rings. The largest absolute Gasteiger partial charge is 0.349 e. The zero-order valence-corrected chi connectivity index (χ0v) is 13.7. The number of aromatic nitrogens is 2. The molecule has 0 saturated carbocycles. The molecule has 0 aliphatic carbocycles. The first kappa shape index (κ1) is 17.9. The van der Waals surface area contributed by atoms with Crippen LogP contribution in [0.4, 0.5) is 8.78 Å². The van der Waals surface area contributed by atoms with Crippen LogP contribution in [0.3, 0.4) is 0 Å². The third-order valence-corrected chi connectivity index (χ3v) is 2.11. The van der Waals surface area contributed by atoms with Gasteiger partial charge in [-0.3, -0.25) is 0 Å². The van der Waals surface area contributed by atoms with E-state index >= 15 is 0 Å². The fraction of sp³-hybridized carbons (Fsp3) is 0.545. The van der Waals surface area contributed by atoms with E-state index in [2.05, 4.69) is 15.0 Å². The molecule has 1 aromatic rings. The summed E-state index contributed by atoms with van der Waals surface area (Å²) >= 11 is 0. The van der Waals surface area contributed by atoms with Crippen molar-refractivity contribution in [2.24, 2.45) is 4.99 Å². The molecule has 108 valence electrons. The smallest absolute Gasteiger partial charge is 0.280 e. The molecule has 8 heteroatoms. The number of halogens is 3. The average molecular weight is 385 g/mol. The molecule has 0 aliphatic heterocycles. The summed E-state index contributed by atoms with van der Waals surface area (Å²) in [5.74, 6) is 1.01. The van der Waals surface area contributed by atoms with E-state index in [9.17, 15) is 8.78 Å². The summed E-state index contributed by atoms with van der Waals surface area (Å²) in [4.78, 5) is 15.6. The van der Waals surface area contributed by atoms with Gasteiger partial charge in [-0.05, 0) is 6.07 Å². The van der Waals surface area contributed by atoms with Crippen LogP contribution < -0.4 is 0 Å². The molecule has 0 N–H and O–H groups in total. The maximum atomic E-state index is 12.5. The van der Waals surface area contributed by atoms with Crippen LogP contribution in [-0.2, 0) is 6.54 Å². The third-order valence-electron chi connectivity index (χ3n) is 2.11. The highest BCUT2D eigenvalue weighted by Crippen LogP contribution is 2.15. The highest BCUT2D eigenvalue weighted by Gasteiger charge is 2.10. The summed E-state index contributed by atoms with van der Waals surface area (Å²) in [6, 6.07) is 1.21. The van der Waals surface area contributed by atoms with E-state index in [1.807, 2.05) is 38.0 Å². The first-order valence-corrected chi connectivity index (χ1v) is 5.41. The summed E-state index contributed by atoms with van der Waals surface area (Å²) in [7, 11) is 7.43. The maximum absolute atomic E-state index is 12.5. The van der Waals surface area contributed by atoms with Crippen molar-refractivity contribution in [3.05, 3.63) is 23.8 Å². The first-order valence-electron chi connectivity index (χ1n) is 5.41. The molecule has 1 rings (SSSR count). The summed E-state index contributed by atoms with van der Waals surface area (Å²) in [6.07, 6.45) is -1.26. The van der Waals surface area contributed by atoms with Gasteiger partial charge >= 0.3 is 0 Å². The molecule has 0 radical (unpaired) electrons. The average Bonchev–Trinajstić information content (AvgIpc) is 2.28. The van der Waals surface area contributed by atoms with Crippen molar-refractivity contribution in [1.29, 1.82) is 0 Å². The lowest BCUT2D eigenvalue weighted by Crippen LogP contribution is -2.35. The molecule has 0 fully saturated rings. The van der Waals surface area contributed by atoms with Gasteiger partial charge in [0.15, 0.2) is 5.96 Å². The molecule has 0 atom stereocenters. The Balaban J connectivity index is 0.00000324. The van der Waals surface area contributed by atoms with Gasteiger partial charge in [0, 0.05) is 34.4 Å². The van der Waals surface area contributed by atoms with Gasteiger partial charge in [0.05, 0.1) is 0 Å². The maximum Gasteiger partial charge on any atom is 0.280 e. The molecule has 0 saturated heterocycles. The van der Waals surface area contributed by atoms with E-state index in [4.69, 9.17) is 0 Å². The predicted molar refractivity (Wildman–Crippen MR) is 80.9 cm³/mol. The zero-order chi connectivity index (χ0) is 13.7. The Labute approximate surface area is 128 Å². The van der Waals surface area contributed by atoms with Gasteiger partial charge in [0.2, 0.25) is 0 Å². The Morgan fingerprint density at radius 1 is 1.26 bits per heavy atom. The molecule has 0 bridgehead atoms. The number of aliphatic imine (C=N–C) groups is 1. The minimum Gasteiger partial charge on any atom is -0.349 e. The van der Waals surface area contributed by atoms with Crippen LogP contribution in [0.2, 0.25) is 0 Å². The van der Waals surface area contributed by atoms with E-state index < -0.39 is 6.43 Å². The standard InChI is InChI=1S/C11H17F2N5.HI/c1-17(2)11(18(3)4)15-7-9-14-6-5-8(16-9)10(12)13;/h5-6,10H,7H2,1-4H3;1H. The Morgan fingerprint density at radius 3 is 2.32 bits per heavy atom. The van der Waals surface area contributed by atoms with Crippen molar-refractivity contribution >= 4 is 29.9 Å². The second kappa shape index (κ2) is 8.18. The molecule has 0 amide bonds. The van der Waals surface area contributed by atoms with E-state index in [0.29, 0.717) is 0 Å². The fourth-order valence-electron chi connectivity index (χ4n) is 1.44. The molecule has 19 heavy (non-hydrogen) atoms. The van der Waals surface area contributed by atoms with Crippen LogP contribution in [0, 0.1) is 0 Å². The minimum atomic E-state index is -2.59. The first-order chi connectivity index (χ1) is 8.41. The Kier molecular flexibility index (Phi) is 7.72. The molecule has 5 nitrogen and oxygen atoms in total. The summed E-state index contributed by atoms with van der Waals surface area (Å²) in [5.41, 5.74) is -0.272. The van der Waals surface area contributed by atoms with Crippen molar-refractivity contribution in [3.8, 4) is 0 Å². The quantitative estimate of drug-likeness (QED) is 0.454. The molecule has 0 unspecified atom stereocenters. The van der Waals surface area contributed by atoms with E-state index in [1.54, 1.807) is 0 Å². The molecule has 0 spiro atoms. The highest BCUT2D eigenvalue weighted by molar-refractivity contribution is 14.0. The summed E-state index contributed by atoms with van der Waals surface area (Å²) in [6.45, 7) is 0.173. The van der Waals surface area contributed by atoms with Gasteiger partial charge in [0.1, 0.15) is 18.1 Å². The second-order valence-electron chi connectivity index (χ2n) is 4.10. The normalized spacial score (nSPS) is 9.84. The monoisotopic (exact) mass is 385 g/mol. The summed E-state index contributed by atoms with van der Waals surface area (Å²) in [5, 5.41) is 0. The van der Waals surface area contributed by atoms with Crippen molar-refractivity contribution < 1.29 is 8.78 Å². The lowest BCUT2D eigenvalue weighted by molar-refractivity contribution is 0.145. The molecular formula is C11H18F2IN5. The number of hydrogen-bond acceptors (Lipinski definition) is 3. The minimum absolute atomic E-state index is 0. The Hall–Kier alpha value is -1.06. The summed E-state index contributed by atoms with van der Waals surface area (Å²) < 4.78 is 24.9. The van der Waals surface area contributed by atoms with Crippen LogP contribution in [0.15, 0.2) is 17.3 Å². The van der Waals surface area contributed by atoms with Gasteiger partial charge in [-0.25, -0.2) is 23.7 Å². The zero-order valence-electron chi connectivity index (χ0n) is 11.3. The van der Waals surface area contributed by atoms with E-state index in [1.165, 1.54) is 12.3 Å². The van der Waals surface area contributed by atoms with Crippen molar-refractivity contribution in [2.75, 3.05) is 28.2 Å². The van der Waals surface area contributed by atoms with Crippen molar-refractivity contribution in [2.45, 2.75) is 13.0 Å². The predicted octanol–water partition coefficient (Wildman–Crippen LogP) is 2.01. The van der Waals surface area contributed by atoms with Gasteiger partial charge < -0.3 is 9.80 Å². The van der Waals surface area contributed by atoms with Crippen molar-refractivity contribution in [3.63, 3.8) is 0 Å². The van der Waals surface area contributed by atoms with Crippen LogP contribution in [0.5, 0.6) is 0 Å². The van der Waals surface area contributed by atoms with Crippen LogP contribution in [0.25, 0.3) is 0 Å². The van der Waals surface area contributed by atoms with Crippen molar-refractivity contribution in [1.82, 2.24) is 19.8 Å². The molecule has 1 heterocycles. The number of alkyl halides is 2. The lowest BCUT2D eigenvalue weighted by Gasteiger charge is -2.22. The fourth-order valence-corrected chi connectivity index (χ4v) is 1.44. The number of hydrogen-bond donors (Lipinski definition) is 0. The number of guanidine groups is 1.